The standard InChI is InChI=1S/C12H17F2NO2/c1-2-5-15-7-9(16)8-17-10-3-4-11(13)12(14)6-10/h3-4,6,9,15-16H,2,5,7-8H2,1H3. The van der Waals surface area contributed by atoms with E-state index in [1.165, 1.54) is 6.07 Å². The highest BCUT2D eigenvalue weighted by Crippen LogP contribution is 2.15. The maximum atomic E-state index is 12.8. The SMILES string of the molecule is CCCNCC(O)COc1ccc(F)c(F)c1. The minimum Gasteiger partial charge on any atom is -0.491 e. The Morgan fingerprint density at radius 1 is 1.35 bits per heavy atom. The van der Waals surface area contributed by atoms with Crippen LogP contribution < -0.4 is 10.1 Å². The fraction of sp³-hybridized carbons (Fsp3) is 0.500. The molecule has 0 amide bonds. The Balaban J connectivity index is 2.31. The van der Waals surface area contributed by atoms with E-state index in [4.69, 9.17) is 4.74 Å². The molecule has 5 heteroatoms. The Bertz CT molecular complexity index is 347. The Morgan fingerprint density at radius 3 is 2.76 bits per heavy atom. The summed E-state index contributed by atoms with van der Waals surface area (Å²) in [7, 11) is 0. The highest BCUT2D eigenvalue weighted by molar-refractivity contribution is 5.23. The molecule has 0 aliphatic rings. The van der Waals surface area contributed by atoms with Crippen LogP contribution in [0.15, 0.2) is 18.2 Å². The van der Waals surface area contributed by atoms with Gasteiger partial charge in [0.15, 0.2) is 11.6 Å². The number of halogens is 2. The normalized spacial score (nSPS) is 12.5. The number of ether oxygens (including phenoxy) is 1. The number of aliphatic hydroxyl groups is 1. The number of nitrogens with one attached hydrogen (secondary N) is 1. The van der Waals surface area contributed by atoms with E-state index >= 15 is 0 Å². The van der Waals surface area contributed by atoms with Crippen molar-refractivity contribution in [1.82, 2.24) is 5.32 Å². The van der Waals surface area contributed by atoms with Crippen LogP contribution in [-0.2, 0) is 0 Å². The van der Waals surface area contributed by atoms with Crippen molar-refractivity contribution in [1.29, 1.82) is 0 Å². The van der Waals surface area contributed by atoms with Gasteiger partial charge in [0.1, 0.15) is 18.5 Å². The van der Waals surface area contributed by atoms with Crippen LogP contribution in [0.4, 0.5) is 8.78 Å². The van der Waals surface area contributed by atoms with Gasteiger partial charge in [-0.1, -0.05) is 6.92 Å². The van der Waals surface area contributed by atoms with Gasteiger partial charge in [-0.2, -0.15) is 0 Å². The Morgan fingerprint density at radius 2 is 2.12 bits per heavy atom. The molecule has 0 saturated carbocycles. The molecule has 0 aliphatic carbocycles. The zero-order chi connectivity index (χ0) is 12.7. The Kier molecular flexibility index (Phi) is 5.86. The molecule has 0 bridgehead atoms. The summed E-state index contributed by atoms with van der Waals surface area (Å²) in [6.07, 6.45) is 0.311. The minimum atomic E-state index is -0.957. The third-order valence-electron chi connectivity index (χ3n) is 2.14. The van der Waals surface area contributed by atoms with E-state index < -0.39 is 17.7 Å². The van der Waals surface area contributed by atoms with E-state index in [0.29, 0.717) is 6.54 Å². The van der Waals surface area contributed by atoms with Crippen molar-refractivity contribution in [3.8, 4) is 5.75 Å². The molecule has 1 aromatic carbocycles. The van der Waals surface area contributed by atoms with Gasteiger partial charge in [0.25, 0.3) is 0 Å². The zero-order valence-electron chi connectivity index (χ0n) is 9.75. The predicted octanol–water partition coefficient (Wildman–Crippen LogP) is 1.70. The summed E-state index contributed by atoms with van der Waals surface area (Å²) >= 11 is 0. The lowest BCUT2D eigenvalue weighted by Crippen LogP contribution is -2.31. The molecule has 0 aliphatic heterocycles. The van der Waals surface area contributed by atoms with Crippen molar-refractivity contribution in [2.24, 2.45) is 0 Å². The molecule has 1 aromatic rings. The molecule has 3 nitrogen and oxygen atoms in total. The lowest BCUT2D eigenvalue weighted by molar-refractivity contribution is 0.106. The lowest BCUT2D eigenvalue weighted by Gasteiger charge is -2.13. The second-order valence-corrected chi connectivity index (χ2v) is 3.74. The molecule has 0 spiro atoms. The summed E-state index contributed by atoms with van der Waals surface area (Å²) in [4.78, 5) is 0. The van der Waals surface area contributed by atoms with Crippen molar-refractivity contribution in [2.45, 2.75) is 19.4 Å². The van der Waals surface area contributed by atoms with Gasteiger partial charge in [-0.15, -0.1) is 0 Å². The zero-order valence-corrected chi connectivity index (χ0v) is 9.75. The van der Waals surface area contributed by atoms with Crippen LogP contribution in [-0.4, -0.2) is 30.9 Å². The fourth-order valence-corrected chi connectivity index (χ4v) is 1.26. The molecule has 0 saturated heterocycles. The Labute approximate surface area is 99.4 Å². The highest BCUT2D eigenvalue weighted by Gasteiger charge is 2.07. The van der Waals surface area contributed by atoms with Crippen LogP contribution in [0, 0.1) is 11.6 Å². The third-order valence-corrected chi connectivity index (χ3v) is 2.14. The minimum absolute atomic E-state index is 0.0434. The second-order valence-electron chi connectivity index (χ2n) is 3.74. The molecule has 0 radical (unpaired) electrons. The largest absolute Gasteiger partial charge is 0.491 e. The lowest BCUT2D eigenvalue weighted by atomic mass is 10.3. The van der Waals surface area contributed by atoms with E-state index in [0.717, 1.165) is 25.1 Å². The molecular formula is C12H17F2NO2. The van der Waals surface area contributed by atoms with Crippen LogP contribution in [0.3, 0.4) is 0 Å². The van der Waals surface area contributed by atoms with E-state index in [1.807, 2.05) is 6.92 Å². The number of hydrogen-bond donors (Lipinski definition) is 2. The van der Waals surface area contributed by atoms with Crippen LogP contribution in [0.2, 0.25) is 0 Å². The van der Waals surface area contributed by atoms with Gasteiger partial charge in [-0.05, 0) is 25.1 Å². The predicted molar refractivity (Wildman–Crippen MR) is 61.0 cm³/mol. The van der Waals surface area contributed by atoms with Crippen molar-refractivity contribution in [3.63, 3.8) is 0 Å². The smallest absolute Gasteiger partial charge is 0.162 e. The number of hydrogen-bond acceptors (Lipinski definition) is 3. The first-order valence-electron chi connectivity index (χ1n) is 5.60. The fourth-order valence-electron chi connectivity index (χ4n) is 1.26. The first-order valence-corrected chi connectivity index (χ1v) is 5.60. The second kappa shape index (κ2) is 7.19. The summed E-state index contributed by atoms with van der Waals surface area (Å²) in [5.41, 5.74) is 0. The van der Waals surface area contributed by atoms with Gasteiger partial charge in [-0.3, -0.25) is 0 Å². The van der Waals surface area contributed by atoms with E-state index in [-0.39, 0.29) is 12.4 Å². The molecule has 1 unspecified atom stereocenters. The van der Waals surface area contributed by atoms with Crippen LogP contribution in [0.25, 0.3) is 0 Å². The Hall–Kier alpha value is -1.20. The average Bonchev–Trinajstić information content (AvgIpc) is 2.31. The molecule has 96 valence electrons. The van der Waals surface area contributed by atoms with Crippen molar-refractivity contribution in [2.75, 3.05) is 19.7 Å². The number of aliphatic hydroxyl groups excluding tert-OH is 1. The molecule has 1 rings (SSSR count). The van der Waals surface area contributed by atoms with Gasteiger partial charge >= 0.3 is 0 Å². The number of rotatable bonds is 7. The molecule has 17 heavy (non-hydrogen) atoms. The molecule has 0 fully saturated rings. The van der Waals surface area contributed by atoms with Crippen LogP contribution >= 0.6 is 0 Å². The molecule has 2 N–H and O–H groups in total. The topological polar surface area (TPSA) is 41.5 Å². The monoisotopic (exact) mass is 245 g/mol. The summed E-state index contributed by atoms with van der Waals surface area (Å²) in [5, 5.41) is 12.5. The maximum Gasteiger partial charge on any atom is 0.162 e. The van der Waals surface area contributed by atoms with Gasteiger partial charge in [0, 0.05) is 12.6 Å². The first kappa shape index (κ1) is 13.9. The number of benzene rings is 1. The summed E-state index contributed by atoms with van der Waals surface area (Å²) in [6, 6.07) is 3.28. The molecular weight excluding hydrogens is 228 g/mol. The molecule has 0 aromatic heterocycles. The van der Waals surface area contributed by atoms with Gasteiger partial charge < -0.3 is 15.2 Å². The van der Waals surface area contributed by atoms with E-state index in [9.17, 15) is 13.9 Å². The first-order chi connectivity index (χ1) is 8.13. The van der Waals surface area contributed by atoms with Crippen LogP contribution in [0.5, 0.6) is 5.75 Å². The molecule has 1 atom stereocenters. The van der Waals surface area contributed by atoms with Crippen LogP contribution in [0.1, 0.15) is 13.3 Å². The molecule has 0 heterocycles. The maximum absolute atomic E-state index is 12.8. The summed E-state index contributed by atoms with van der Waals surface area (Å²) in [5.74, 6) is -1.66. The summed E-state index contributed by atoms with van der Waals surface area (Å²) < 4.78 is 30.6. The van der Waals surface area contributed by atoms with Gasteiger partial charge in [-0.25, -0.2) is 8.78 Å². The van der Waals surface area contributed by atoms with Gasteiger partial charge in [0.05, 0.1) is 0 Å². The highest BCUT2D eigenvalue weighted by atomic mass is 19.2. The van der Waals surface area contributed by atoms with E-state index in [2.05, 4.69) is 5.32 Å². The van der Waals surface area contributed by atoms with Crippen molar-refractivity contribution in [3.05, 3.63) is 29.8 Å². The average molecular weight is 245 g/mol. The van der Waals surface area contributed by atoms with Gasteiger partial charge in [0.2, 0.25) is 0 Å². The van der Waals surface area contributed by atoms with Crippen molar-refractivity contribution >= 4 is 0 Å². The van der Waals surface area contributed by atoms with E-state index in [1.54, 1.807) is 0 Å². The third kappa shape index (κ3) is 5.10. The van der Waals surface area contributed by atoms with Crippen molar-refractivity contribution < 1.29 is 18.6 Å². The summed E-state index contributed by atoms with van der Waals surface area (Å²) in [6.45, 7) is 3.30. The quantitative estimate of drug-likeness (QED) is 0.718.